The van der Waals surface area contributed by atoms with Crippen molar-refractivity contribution in [2.45, 2.75) is 39.2 Å². The van der Waals surface area contributed by atoms with Crippen molar-refractivity contribution in [3.8, 4) is 0 Å². The standard InChI is InChI=1S/C11H19N/c1-9(2)11-7-5-6-8-12(11)10(3)4/h11H,1,3,5-8H2,2,4H3. The van der Waals surface area contributed by atoms with Crippen LogP contribution < -0.4 is 0 Å². The first-order valence-corrected chi connectivity index (χ1v) is 4.70. The maximum atomic E-state index is 4.03. The highest BCUT2D eigenvalue weighted by Crippen LogP contribution is 2.24. The predicted octanol–water partition coefficient (Wildman–Crippen LogP) is 2.95. The number of hydrogen-bond donors (Lipinski definition) is 0. The molecule has 1 fully saturated rings. The quantitative estimate of drug-likeness (QED) is 0.569. The summed E-state index contributed by atoms with van der Waals surface area (Å²) in [4.78, 5) is 2.38. The molecule has 0 bridgehead atoms. The van der Waals surface area contributed by atoms with Crippen LogP contribution in [0.15, 0.2) is 24.4 Å². The lowest BCUT2D eigenvalue weighted by Crippen LogP contribution is -2.38. The normalized spacial score (nSPS) is 23.8. The second-order valence-electron chi connectivity index (χ2n) is 3.79. The van der Waals surface area contributed by atoms with Crippen LogP contribution in [0.4, 0.5) is 0 Å². The molecule has 0 radical (unpaired) electrons. The third-order valence-electron chi connectivity index (χ3n) is 2.56. The summed E-state index contributed by atoms with van der Waals surface area (Å²) in [6, 6.07) is 0.552. The average Bonchev–Trinajstić information content (AvgIpc) is 2.04. The van der Waals surface area contributed by atoms with Crippen LogP contribution in [0.5, 0.6) is 0 Å². The van der Waals surface area contributed by atoms with E-state index >= 15 is 0 Å². The molecule has 0 N–H and O–H groups in total. The molecule has 1 heterocycles. The zero-order valence-electron chi connectivity index (χ0n) is 8.27. The van der Waals surface area contributed by atoms with E-state index in [0.29, 0.717) is 6.04 Å². The summed E-state index contributed by atoms with van der Waals surface area (Å²) in [5.74, 6) is 0. The number of hydrogen-bond acceptors (Lipinski definition) is 1. The van der Waals surface area contributed by atoms with Gasteiger partial charge in [0.1, 0.15) is 0 Å². The Morgan fingerprint density at radius 3 is 2.33 bits per heavy atom. The van der Waals surface area contributed by atoms with E-state index in [1.165, 1.54) is 30.5 Å². The van der Waals surface area contributed by atoms with Gasteiger partial charge in [0, 0.05) is 18.3 Å². The van der Waals surface area contributed by atoms with Crippen LogP contribution in [-0.4, -0.2) is 17.5 Å². The summed E-state index contributed by atoms with van der Waals surface area (Å²) >= 11 is 0. The van der Waals surface area contributed by atoms with Gasteiger partial charge in [-0.15, -0.1) is 0 Å². The number of nitrogens with zero attached hydrogens (tertiary/aromatic N) is 1. The first kappa shape index (κ1) is 9.37. The van der Waals surface area contributed by atoms with Crippen LogP contribution >= 0.6 is 0 Å². The van der Waals surface area contributed by atoms with Gasteiger partial charge in [0.25, 0.3) is 0 Å². The van der Waals surface area contributed by atoms with Crippen molar-refractivity contribution in [1.82, 2.24) is 4.90 Å². The molecule has 1 saturated heterocycles. The van der Waals surface area contributed by atoms with Gasteiger partial charge in [-0.05, 0) is 33.1 Å². The molecule has 12 heavy (non-hydrogen) atoms. The third-order valence-corrected chi connectivity index (χ3v) is 2.56. The lowest BCUT2D eigenvalue weighted by atomic mass is 9.97. The van der Waals surface area contributed by atoms with Crippen molar-refractivity contribution in [1.29, 1.82) is 0 Å². The van der Waals surface area contributed by atoms with Crippen LogP contribution in [0.25, 0.3) is 0 Å². The molecular formula is C11H19N. The van der Waals surface area contributed by atoms with Crippen LogP contribution in [-0.2, 0) is 0 Å². The molecule has 1 nitrogen and oxygen atoms in total. The molecule has 1 heteroatoms. The van der Waals surface area contributed by atoms with Gasteiger partial charge in [-0.25, -0.2) is 0 Å². The fourth-order valence-corrected chi connectivity index (χ4v) is 1.90. The van der Waals surface area contributed by atoms with Crippen LogP contribution in [0, 0.1) is 0 Å². The minimum atomic E-state index is 0.552. The van der Waals surface area contributed by atoms with Crippen LogP contribution in [0.2, 0.25) is 0 Å². The van der Waals surface area contributed by atoms with Gasteiger partial charge in [-0.2, -0.15) is 0 Å². The molecular weight excluding hydrogens is 146 g/mol. The molecule has 1 aliphatic rings. The Kier molecular flexibility index (Phi) is 2.96. The topological polar surface area (TPSA) is 3.24 Å². The van der Waals surface area contributed by atoms with E-state index in [9.17, 15) is 0 Å². The molecule has 0 aromatic heterocycles. The van der Waals surface area contributed by atoms with E-state index in [4.69, 9.17) is 0 Å². The molecule has 1 rings (SSSR count). The van der Waals surface area contributed by atoms with Crippen molar-refractivity contribution in [3.05, 3.63) is 24.4 Å². The van der Waals surface area contributed by atoms with Crippen molar-refractivity contribution in [3.63, 3.8) is 0 Å². The summed E-state index contributed by atoms with van der Waals surface area (Å²) in [6.45, 7) is 13.4. The summed E-state index contributed by atoms with van der Waals surface area (Å²) in [6.07, 6.45) is 3.89. The number of piperidine rings is 1. The van der Waals surface area contributed by atoms with Crippen molar-refractivity contribution in [2.75, 3.05) is 6.54 Å². The second kappa shape index (κ2) is 3.79. The smallest absolute Gasteiger partial charge is 0.0493 e. The van der Waals surface area contributed by atoms with E-state index in [2.05, 4.69) is 31.9 Å². The van der Waals surface area contributed by atoms with Gasteiger partial charge in [0.15, 0.2) is 0 Å². The molecule has 0 aliphatic carbocycles. The van der Waals surface area contributed by atoms with Gasteiger partial charge >= 0.3 is 0 Å². The second-order valence-corrected chi connectivity index (χ2v) is 3.79. The number of likely N-dealkylation sites (tertiary alicyclic amines) is 1. The lowest BCUT2D eigenvalue weighted by Gasteiger charge is -2.38. The Morgan fingerprint density at radius 1 is 1.25 bits per heavy atom. The third kappa shape index (κ3) is 1.90. The molecule has 1 aliphatic heterocycles. The lowest BCUT2D eigenvalue weighted by molar-refractivity contribution is 0.223. The van der Waals surface area contributed by atoms with Gasteiger partial charge in [0.2, 0.25) is 0 Å². The Morgan fingerprint density at radius 2 is 1.92 bits per heavy atom. The summed E-state index contributed by atoms with van der Waals surface area (Å²) in [5, 5.41) is 0. The van der Waals surface area contributed by atoms with E-state index in [1.54, 1.807) is 0 Å². The highest BCUT2D eigenvalue weighted by atomic mass is 15.2. The number of rotatable bonds is 2. The predicted molar refractivity (Wildman–Crippen MR) is 54.0 cm³/mol. The van der Waals surface area contributed by atoms with Crippen molar-refractivity contribution < 1.29 is 0 Å². The van der Waals surface area contributed by atoms with Gasteiger partial charge in [0.05, 0.1) is 0 Å². The fourth-order valence-electron chi connectivity index (χ4n) is 1.90. The fraction of sp³-hybridized carbons (Fsp3) is 0.636. The Bertz CT molecular complexity index is 171. The highest BCUT2D eigenvalue weighted by Gasteiger charge is 2.21. The molecule has 1 atom stereocenters. The maximum absolute atomic E-state index is 4.03. The molecule has 0 saturated carbocycles. The van der Waals surface area contributed by atoms with E-state index in [0.717, 1.165) is 6.54 Å². The van der Waals surface area contributed by atoms with Gasteiger partial charge in [-0.1, -0.05) is 18.7 Å². The van der Waals surface area contributed by atoms with Crippen LogP contribution in [0.3, 0.4) is 0 Å². The van der Waals surface area contributed by atoms with Gasteiger partial charge < -0.3 is 4.90 Å². The Labute approximate surface area is 75.8 Å². The molecule has 0 aromatic carbocycles. The molecule has 0 aromatic rings. The minimum absolute atomic E-state index is 0.552. The monoisotopic (exact) mass is 165 g/mol. The molecule has 1 unspecified atom stereocenters. The van der Waals surface area contributed by atoms with Crippen molar-refractivity contribution >= 4 is 0 Å². The average molecular weight is 165 g/mol. The summed E-state index contributed by atoms with van der Waals surface area (Å²) < 4.78 is 0. The molecule has 68 valence electrons. The maximum Gasteiger partial charge on any atom is 0.0493 e. The van der Waals surface area contributed by atoms with E-state index < -0.39 is 0 Å². The van der Waals surface area contributed by atoms with Crippen molar-refractivity contribution in [2.24, 2.45) is 0 Å². The first-order valence-electron chi connectivity index (χ1n) is 4.70. The Balaban J connectivity index is 2.67. The molecule has 0 amide bonds. The number of allylic oxidation sites excluding steroid dienone is 1. The van der Waals surface area contributed by atoms with E-state index in [-0.39, 0.29) is 0 Å². The van der Waals surface area contributed by atoms with Crippen LogP contribution in [0.1, 0.15) is 33.1 Å². The molecule has 0 spiro atoms. The first-order chi connectivity index (χ1) is 5.63. The zero-order valence-corrected chi connectivity index (χ0v) is 8.27. The largest absolute Gasteiger partial charge is 0.369 e. The minimum Gasteiger partial charge on any atom is -0.369 e. The highest BCUT2D eigenvalue weighted by molar-refractivity contribution is 5.09. The summed E-state index contributed by atoms with van der Waals surface area (Å²) in [5.41, 5.74) is 2.46. The zero-order chi connectivity index (χ0) is 9.14. The SMILES string of the molecule is C=C(C)C1CCCCN1C(=C)C. The summed E-state index contributed by atoms with van der Waals surface area (Å²) in [7, 11) is 0. The van der Waals surface area contributed by atoms with E-state index in [1.807, 2.05) is 0 Å². The Hall–Kier alpha value is -0.720. The van der Waals surface area contributed by atoms with Gasteiger partial charge in [-0.3, -0.25) is 0 Å².